The zero-order chi connectivity index (χ0) is 13.2. The molecule has 1 aromatic heterocycles. The first-order valence-electron chi connectivity index (χ1n) is 7.71. The van der Waals surface area contributed by atoms with Crippen LogP contribution in [0.2, 0.25) is 0 Å². The summed E-state index contributed by atoms with van der Waals surface area (Å²) in [6.07, 6.45) is 5.14. The van der Waals surface area contributed by atoms with E-state index >= 15 is 0 Å². The second-order valence-electron chi connectivity index (χ2n) is 5.90. The third kappa shape index (κ3) is 2.86. The monoisotopic (exact) mass is 279 g/mol. The van der Waals surface area contributed by atoms with Crippen molar-refractivity contribution in [2.75, 3.05) is 26.2 Å². The molecule has 0 radical (unpaired) electrons. The topological polar surface area (TPSA) is 28.2 Å². The van der Waals surface area contributed by atoms with Crippen molar-refractivity contribution in [3.05, 3.63) is 15.6 Å². The molecule has 2 aliphatic rings. The zero-order valence-corrected chi connectivity index (χ0v) is 12.9. The van der Waals surface area contributed by atoms with Crippen molar-refractivity contribution < 1.29 is 0 Å². The summed E-state index contributed by atoms with van der Waals surface area (Å²) in [5.41, 5.74) is 1.41. The smallest absolute Gasteiger partial charge is 0.110 e. The molecule has 3 nitrogen and oxygen atoms in total. The average Bonchev–Trinajstić information content (AvgIpc) is 2.90. The molecule has 2 heterocycles. The van der Waals surface area contributed by atoms with Crippen molar-refractivity contribution in [1.82, 2.24) is 15.2 Å². The number of nitrogens with one attached hydrogen (secondary N) is 1. The molecule has 1 aromatic rings. The Morgan fingerprint density at radius 2 is 2.21 bits per heavy atom. The minimum atomic E-state index is 0.498. The summed E-state index contributed by atoms with van der Waals surface area (Å²) in [6.45, 7) is 9.19. The van der Waals surface area contributed by atoms with Crippen molar-refractivity contribution >= 4 is 11.3 Å². The predicted octanol–water partition coefficient (Wildman–Crippen LogP) is 2.62. The van der Waals surface area contributed by atoms with Gasteiger partial charge in [0.25, 0.3) is 0 Å². The molecule has 1 aliphatic carbocycles. The predicted molar refractivity (Wildman–Crippen MR) is 80.8 cm³/mol. The van der Waals surface area contributed by atoms with Gasteiger partial charge in [-0.1, -0.05) is 13.3 Å². The largest absolute Gasteiger partial charge is 0.314 e. The van der Waals surface area contributed by atoms with Gasteiger partial charge in [0.05, 0.1) is 11.7 Å². The lowest BCUT2D eigenvalue weighted by molar-refractivity contribution is 0.185. The quantitative estimate of drug-likeness (QED) is 0.922. The highest BCUT2D eigenvalue weighted by molar-refractivity contribution is 7.11. The maximum atomic E-state index is 4.95. The maximum Gasteiger partial charge on any atom is 0.110 e. The molecular weight excluding hydrogens is 254 g/mol. The Bertz CT molecular complexity index is 423. The van der Waals surface area contributed by atoms with E-state index in [-0.39, 0.29) is 0 Å². The van der Waals surface area contributed by atoms with E-state index in [0.29, 0.717) is 6.04 Å². The van der Waals surface area contributed by atoms with Crippen LogP contribution in [-0.4, -0.2) is 36.1 Å². The lowest BCUT2D eigenvalue weighted by Crippen LogP contribution is -2.44. The van der Waals surface area contributed by atoms with Crippen molar-refractivity contribution in [3.63, 3.8) is 0 Å². The van der Waals surface area contributed by atoms with E-state index in [1.54, 1.807) is 4.88 Å². The standard InChI is InChI=1S/C15H25N3S/c1-3-12-4-5-13-14(10-12)19-15(17-13)11(2)18-8-6-16-7-9-18/h11-12,16H,3-10H2,1-2H3. The first-order valence-corrected chi connectivity index (χ1v) is 8.52. The van der Waals surface area contributed by atoms with Crippen LogP contribution in [0.25, 0.3) is 0 Å². The number of fused-ring (bicyclic) bond motifs is 1. The molecular formula is C15H25N3S. The van der Waals surface area contributed by atoms with E-state index in [0.717, 1.165) is 32.1 Å². The van der Waals surface area contributed by atoms with Gasteiger partial charge in [0.15, 0.2) is 0 Å². The van der Waals surface area contributed by atoms with E-state index in [1.165, 1.54) is 36.4 Å². The molecule has 19 heavy (non-hydrogen) atoms. The lowest BCUT2D eigenvalue weighted by Gasteiger charge is -2.31. The molecule has 0 amide bonds. The number of nitrogens with zero attached hydrogens (tertiary/aromatic N) is 2. The molecule has 0 spiro atoms. The number of hydrogen-bond acceptors (Lipinski definition) is 4. The van der Waals surface area contributed by atoms with Gasteiger partial charge in [-0.05, 0) is 32.1 Å². The molecule has 0 bridgehead atoms. The highest BCUT2D eigenvalue weighted by Gasteiger charge is 2.25. The Morgan fingerprint density at radius 3 is 2.95 bits per heavy atom. The van der Waals surface area contributed by atoms with E-state index in [1.807, 2.05) is 11.3 Å². The summed E-state index contributed by atoms with van der Waals surface area (Å²) in [6, 6.07) is 0.498. The highest BCUT2D eigenvalue weighted by atomic mass is 32.1. The van der Waals surface area contributed by atoms with Gasteiger partial charge in [-0.25, -0.2) is 4.98 Å². The summed E-state index contributed by atoms with van der Waals surface area (Å²) in [7, 11) is 0. The Morgan fingerprint density at radius 1 is 1.42 bits per heavy atom. The van der Waals surface area contributed by atoms with Crippen molar-refractivity contribution in [1.29, 1.82) is 0 Å². The van der Waals surface area contributed by atoms with Crippen LogP contribution < -0.4 is 5.32 Å². The van der Waals surface area contributed by atoms with Crippen LogP contribution in [0.15, 0.2) is 0 Å². The second kappa shape index (κ2) is 5.90. The van der Waals surface area contributed by atoms with Crippen LogP contribution >= 0.6 is 11.3 Å². The summed E-state index contributed by atoms with van der Waals surface area (Å²) >= 11 is 1.98. The minimum Gasteiger partial charge on any atom is -0.314 e. The summed E-state index contributed by atoms with van der Waals surface area (Å²) in [5.74, 6) is 0.898. The van der Waals surface area contributed by atoms with E-state index in [9.17, 15) is 0 Å². The van der Waals surface area contributed by atoms with Gasteiger partial charge >= 0.3 is 0 Å². The first kappa shape index (κ1) is 13.5. The molecule has 0 aromatic carbocycles. The lowest BCUT2D eigenvalue weighted by atomic mass is 9.89. The molecule has 106 valence electrons. The number of hydrogen-bond donors (Lipinski definition) is 1. The van der Waals surface area contributed by atoms with Crippen molar-refractivity contribution in [2.24, 2.45) is 5.92 Å². The van der Waals surface area contributed by atoms with Gasteiger partial charge in [0.2, 0.25) is 0 Å². The molecule has 1 fully saturated rings. The van der Waals surface area contributed by atoms with Crippen LogP contribution in [0.4, 0.5) is 0 Å². The highest BCUT2D eigenvalue weighted by Crippen LogP contribution is 2.34. The van der Waals surface area contributed by atoms with E-state index < -0.39 is 0 Å². The normalized spacial score (nSPS) is 26.1. The van der Waals surface area contributed by atoms with E-state index in [2.05, 4.69) is 24.1 Å². The number of rotatable bonds is 3. The number of piperazine rings is 1. The Kier molecular flexibility index (Phi) is 4.20. The number of thiazole rings is 1. The minimum absolute atomic E-state index is 0.498. The fraction of sp³-hybridized carbons (Fsp3) is 0.800. The van der Waals surface area contributed by atoms with Crippen LogP contribution in [0.3, 0.4) is 0 Å². The molecule has 1 N–H and O–H groups in total. The molecule has 3 rings (SSSR count). The average molecular weight is 279 g/mol. The van der Waals surface area contributed by atoms with Crippen LogP contribution in [0, 0.1) is 5.92 Å². The molecule has 1 saturated heterocycles. The fourth-order valence-electron chi connectivity index (χ4n) is 3.22. The van der Waals surface area contributed by atoms with Crippen molar-refractivity contribution in [3.8, 4) is 0 Å². The second-order valence-corrected chi connectivity index (χ2v) is 7.02. The molecule has 1 aliphatic heterocycles. The number of aromatic nitrogens is 1. The Balaban J connectivity index is 1.73. The van der Waals surface area contributed by atoms with Crippen LogP contribution in [0.1, 0.15) is 48.3 Å². The summed E-state index contributed by atoms with van der Waals surface area (Å²) in [4.78, 5) is 9.10. The van der Waals surface area contributed by atoms with Crippen LogP contribution in [0.5, 0.6) is 0 Å². The molecule has 2 atom stereocenters. The third-order valence-electron chi connectivity index (χ3n) is 4.69. The Labute approximate surface area is 120 Å². The molecule has 2 unspecified atom stereocenters. The maximum absolute atomic E-state index is 4.95. The van der Waals surface area contributed by atoms with E-state index in [4.69, 9.17) is 4.98 Å². The fourth-order valence-corrected chi connectivity index (χ4v) is 4.53. The summed E-state index contributed by atoms with van der Waals surface area (Å²) in [5, 5.41) is 4.78. The van der Waals surface area contributed by atoms with Gasteiger partial charge in [-0.3, -0.25) is 4.90 Å². The molecule has 0 saturated carbocycles. The van der Waals surface area contributed by atoms with Crippen molar-refractivity contribution in [2.45, 2.75) is 45.6 Å². The van der Waals surface area contributed by atoms with Gasteiger partial charge in [0.1, 0.15) is 5.01 Å². The SMILES string of the molecule is CCC1CCc2nc(C(C)N3CCNCC3)sc2C1. The number of aryl methyl sites for hydroxylation is 1. The van der Waals surface area contributed by atoms with Crippen LogP contribution in [-0.2, 0) is 12.8 Å². The summed E-state index contributed by atoms with van der Waals surface area (Å²) < 4.78 is 0. The first-order chi connectivity index (χ1) is 9.28. The molecule has 4 heteroatoms. The zero-order valence-electron chi connectivity index (χ0n) is 12.1. The van der Waals surface area contributed by atoms with Gasteiger partial charge in [0, 0.05) is 31.1 Å². The third-order valence-corrected chi connectivity index (χ3v) is 5.98. The van der Waals surface area contributed by atoms with Gasteiger partial charge in [-0.2, -0.15) is 0 Å². The van der Waals surface area contributed by atoms with Gasteiger partial charge in [-0.15, -0.1) is 11.3 Å². The Hall–Kier alpha value is -0.450. The van der Waals surface area contributed by atoms with Gasteiger partial charge < -0.3 is 5.32 Å².